The van der Waals surface area contributed by atoms with E-state index in [2.05, 4.69) is 13.8 Å². The van der Waals surface area contributed by atoms with Gasteiger partial charge in [-0.2, -0.15) is 0 Å². The van der Waals surface area contributed by atoms with Crippen molar-refractivity contribution in [3.63, 3.8) is 0 Å². The lowest BCUT2D eigenvalue weighted by Gasteiger charge is -2.27. The maximum Gasteiger partial charge on any atom is 0.309 e. The Balaban J connectivity index is 2.48. The highest BCUT2D eigenvalue weighted by Gasteiger charge is 2.32. The van der Waals surface area contributed by atoms with Crippen LogP contribution in [0.15, 0.2) is 0 Å². The fraction of sp³-hybridized carbons (Fsp3) is 0.875. The van der Waals surface area contributed by atoms with Crippen molar-refractivity contribution in [2.75, 3.05) is 0 Å². The molecular weight excluding hydrogens is 256 g/mol. The molecule has 0 spiro atoms. The molecule has 0 saturated heterocycles. The smallest absolute Gasteiger partial charge is 0.309 e. The number of rotatable bonds is 8. The van der Waals surface area contributed by atoms with Gasteiger partial charge in [-0.25, -0.2) is 0 Å². The first-order valence-electron chi connectivity index (χ1n) is 8.01. The summed E-state index contributed by atoms with van der Waals surface area (Å²) in [6.07, 6.45) is 7.73. The number of carboxylic acid groups (broad SMARTS) is 1. The van der Waals surface area contributed by atoms with Crippen LogP contribution in [0, 0.1) is 11.8 Å². The van der Waals surface area contributed by atoms with Gasteiger partial charge in [0, 0.05) is 0 Å². The van der Waals surface area contributed by atoms with Crippen LogP contribution in [0.5, 0.6) is 0 Å². The lowest BCUT2D eigenvalue weighted by Crippen LogP contribution is -2.31. The van der Waals surface area contributed by atoms with Crippen molar-refractivity contribution in [3.05, 3.63) is 0 Å². The topological polar surface area (TPSA) is 63.6 Å². The summed E-state index contributed by atoms with van der Waals surface area (Å²) >= 11 is 0. The summed E-state index contributed by atoms with van der Waals surface area (Å²) in [4.78, 5) is 23.2. The summed E-state index contributed by atoms with van der Waals surface area (Å²) in [7, 11) is 0. The van der Waals surface area contributed by atoms with Gasteiger partial charge in [-0.3, -0.25) is 9.59 Å². The number of hydrogen-bond acceptors (Lipinski definition) is 3. The normalized spacial score (nSPS) is 24.1. The minimum atomic E-state index is -0.779. The van der Waals surface area contributed by atoms with Crippen LogP contribution in [0.3, 0.4) is 0 Å². The Kier molecular flexibility index (Phi) is 7.63. The Morgan fingerprint density at radius 2 is 1.85 bits per heavy atom. The minimum Gasteiger partial charge on any atom is -0.481 e. The summed E-state index contributed by atoms with van der Waals surface area (Å²) in [5.74, 6) is -1.54. The number of aliphatic carboxylic acids is 1. The molecule has 3 atom stereocenters. The van der Waals surface area contributed by atoms with Gasteiger partial charge < -0.3 is 9.84 Å². The molecule has 116 valence electrons. The molecule has 1 rings (SSSR count). The Morgan fingerprint density at radius 3 is 2.45 bits per heavy atom. The number of carbonyl (C=O) groups excluding carboxylic acids is 1. The molecule has 0 bridgehead atoms. The Labute approximate surface area is 121 Å². The van der Waals surface area contributed by atoms with Gasteiger partial charge in [-0.05, 0) is 32.1 Å². The van der Waals surface area contributed by atoms with E-state index >= 15 is 0 Å². The summed E-state index contributed by atoms with van der Waals surface area (Å²) < 4.78 is 5.63. The Hall–Kier alpha value is -1.06. The minimum absolute atomic E-state index is 0.0117. The SMILES string of the molecule is CCCCC(CCC)OC(=O)C1CCCC(C(=O)O)C1. The van der Waals surface area contributed by atoms with Crippen LogP contribution in [0.4, 0.5) is 0 Å². The molecule has 0 radical (unpaired) electrons. The summed E-state index contributed by atoms with van der Waals surface area (Å²) in [6, 6.07) is 0. The summed E-state index contributed by atoms with van der Waals surface area (Å²) in [6.45, 7) is 4.22. The Bertz CT molecular complexity index is 314. The van der Waals surface area contributed by atoms with Gasteiger partial charge in [0.2, 0.25) is 0 Å². The number of carboxylic acids is 1. The molecule has 4 heteroatoms. The highest BCUT2D eigenvalue weighted by Crippen LogP contribution is 2.30. The highest BCUT2D eigenvalue weighted by atomic mass is 16.5. The van der Waals surface area contributed by atoms with Crippen molar-refractivity contribution in [3.8, 4) is 0 Å². The summed E-state index contributed by atoms with van der Waals surface area (Å²) in [5.41, 5.74) is 0. The van der Waals surface area contributed by atoms with Crippen molar-refractivity contribution in [2.45, 2.75) is 77.7 Å². The van der Waals surface area contributed by atoms with Crippen molar-refractivity contribution in [1.82, 2.24) is 0 Å². The molecule has 0 amide bonds. The fourth-order valence-corrected chi connectivity index (χ4v) is 2.90. The van der Waals surface area contributed by atoms with E-state index in [1.54, 1.807) is 0 Å². The molecule has 0 heterocycles. The second-order valence-corrected chi connectivity index (χ2v) is 5.89. The van der Waals surface area contributed by atoms with Gasteiger partial charge in [-0.1, -0.05) is 39.5 Å². The second-order valence-electron chi connectivity index (χ2n) is 5.89. The lowest BCUT2D eigenvalue weighted by molar-refractivity contribution is -0.157. The van der Waals surface area contributed by atoms with Crippen LogP contribution >= 0.6 is 0 Å². The number of unbranched alkanes of at least 4 members (excludes halogenated alkanes) is 1. The zero-order valence-corrected chi connectivity index (χ0v) is 12.8. The largest absolute Gasteiger partial charge is 0.481 e. The third kappa shape index (κ3) is 5.51. The summed E-state index contributed by atoms with van der Waals surface area (Å²) in [5, 5.41) is 9.07. The third-order valence-corrected chi connectivity index (χ3v) is 4.13. The van der Waals surface area contributed by atoms with Gasteiger partial charge in [0.15, 0.2) is 0 Å². The first-order chi connectivity index (χ1) is 9.58. The van der Waals surface area contributed by atoms with Crippen LogP contribution in [0.1, 0.15) is 71.6 Å². The van der Waals surface area contributed by atoms with Crippen LogP contribution in [-0.2, 0) is 14.3 Å². The van der Waals surface area contributed by atoms with Crippen molar-refractivity contribution >= 4 is 11.9 Å². The molecule has 1 aliphatic carbocycles. The van der Waals surface area contributed by atoms with E-state index < -0.39 is 5.97 Å². The predicted molar refractivity (Wildman–Crippen MR) is 77.4 cm³/mol. The molecule has 1 saturated carbocycles. The zero-order valence-electron chi connectivity index (χ0n) is 12.8. The molecule has 4 nitrogen and oxygen atoms in total. The average molecular weight is 284 g/mol. The van der Waals surface area contributed by atoms with Crippen molar-refractivity contribution < 1.29 is 19.4 Å². The van der Waals surface area contributed by atoms with Gasteiger partial charge in [0.1, 0.15) is 6.10 Å². The first kappa shape index (κ1) is 17.0. The molecular formula is C16H28O4. The number of carbonyl (C=O) groups is 2. The van der Waals surface area contributed by atoms with Gasteiger partial charge in [-0.15, -0.1) is 0 Å². The monoisotopic (exact) mass is 284 g/mol. The molecule has 0 aliphatic heterocycles. The maximum absolute atomic E-state index is 12.2. The van der Waals surface area contributed by atoms with Crippen LogP contribution in [-0.4, -0.2) is 23.1 Å². The zero-order chi connectivity index (χ0) is 15.0. The lowest BCUT2D eigenvalue weighted by atomic mass is 9.81. The van der Waals surface area contributed by atoms with Crippen LogP contribution in [0.25, 0.3) is 0 Å². The van der Waals surface area contributed by atoms with Crippen LogP contribution in [0.2, 0.25) is 0 Å². The van der Waals surface area contributed by atoms with Gasteiger partial charge >= 0.3 is 11.9 Å². The van der Waals surface area contributed by atoms with E-state index in [0.29, 0.717) is 12.8 Å². The standard InChI is InChI=1S/C16H28O4/c1-3-5-10-14(7-4-2)20-16(19)13-9-6-8-12(11-13)15(17)18/h12-14H,3-11H2,1-2H3,(H,17,18). The molecule has 0 aromatic rings. The third-order valence-electron chi connectivity index (χ3n) is 4.13. The number of hydrogen-bond donors (Lipinski definition) is 1. The van der Waals surface area contributed by atoms with Gasteiger partial charge in [0.25, 0.3) is 0 Å². The Morgan fingerprint density at radius 1 is 1.15 bits per heavy atom. The number of esters is 1. The van der Waals surface area contributed by atoms with E-state index in [9.17, 15) is 9.59 Å². The average Bonchev–Trinajstić information content (AvgIpc) is 2.45. The van der Waals surface area contributed by atoms with Crippen LogP contribution < -0.4 is 0 Å². The molecule has 0 aromatic carbocycles. The fourth-order valence-electron chi connectivity index (χ4n) is 2.90. The van der Waals surface area contributed by atoms with E-state index in [1.165, 1.54) is 0 Å². The first-order valence-corrected chi connectivity index (χ1v) is 8.01. The molecule has 20 heavy (non-hydrogen) atoms. The maximum atomic E-state index is 12.2. The molecule has 1 N–H and O–H groups in total. The van der Waals surface area contributed by atoms with E-state index in [0.717, 1.165) is 44.9 Å². The van der Waals surface area contributed by atoms with Gasteiger partial charge in [0.05, 0.1) is 11.8 Å². The van der Waals surface area contributed by atoms with Crippen molar-refractivity contribution in [2.24, 2.45) is 11.8 Å². The quantitative estimate of drug-likeness (QED) is 0.689. The van der Waals surface area contributed by atoms with E-state index in [-0.39, 0.29) is 23.9 Å². The molecule has 1 fully saturated rings. The number of ether oxygens (including phenoxy) is 1. The molecule has 0 aromatic heterocycles. The molecule has 1 aliphatic rings. The van der Waals surface area contributed by atoms with E-state index in [1.807, 2.05) is 0 Å². The second kappa shape index (κ2) is 8.98. The van der Waals surface area contributed by atoms with Crippen molar-refractivity contribution in [1.29, 1.82) is 0 Å². The highest BCUT2D eigenvalue weighted by molar-refractivity contribution is 5.75. The predicted octanol–water partition coefficient (Wildman–Crippen LogP) is 3.78. The molecule has 3 unspecified atom stereocenters. The van der Waals surface area contributed by atoms with E-state index in [4.69, 9.17) is 9.84 Å².